The normalized spacial score (nSPS) is 21.1. The van der Waals surface area contributed by atoms with Gasteiger partial charge in [0.05, 0.1) is 6.54 Å². The van der Waals surface area contributed by atoms with Gasteiger partial charge < -0.3 is 20.4 Å². The summed E-state index contributed by atoms with van der Waals surface area (Å²) in [5, 5.41) is 5.40. The van der Waals surface area contributed by atoms with Crippen LogP contribution in [0.5, 0.6) is 0 Å². The number of hydrogen-bond acceptors (Lipinski definition) is 3. The van der Waals surface area contributed by atoms with Crippen molar-refractivity contribution in [3.05, 3.63) is 0 Å². The highest BCUT2D eigenvalue weighted by Crippen LogP contribution is 2.18. The topological polar surface area (TPSA) is 64.7 Å². The quantitative estimate of drug-likeness (QED) is 0.680. The minimum absolute atomic E-state index is 0.00375. The SMILES string of the molecule is CN1CCN(C(=O)CNC(=O)NC2CC2)CC1. The molecule has 17 heavy (non-hydrogen) atoms. The van der Waals surface area contributed by atoms with Crippen LogP contribution >= 0.6 is 0 Å². The lowest BCUT2D eigenvalue weighted by molar-refractivity contribution is -0.131. The van der Waals surface area contributed by atoms with Crippen molar-refractivity contribution in [2.24, 2.45) is 0 Å². The fraction of sp³-hybridized carbons (Fsp3) is 0.818. The number of carbonyl (C=O) groups excluding carboxylic acids is 2. The van der Waals surface area contributed by atoms with Gasteiger partial charge in [-0.05, 0) is 19.9 Å². The summed E-state index contributed by atoms with van der Waals surface area (Å²) in [5.74, 6) is 0.00375. The zero-order chi connectivity index (χ0) is 12.3. The molecular formula is C11H20N4O2. The van der Waals surface area contributed by atoms with Crippen LogP contribution in [0.2, 0.25) is 0 Å². The average molecular weight is 240 g/mol. The van der Waals surface area contributed by atoms with Gasteiger partial charge in [0.1, 0.15) is 0 Å². The molecule has 0 aromatic rings. The highest BCUT2D eigenvalue weighted by atomic mass is 16.2. The second-order valence-electron chi connectivity index (χ2n) is 4.79. The predicted octanol–water partition coefficient (Wildman–Crippen LogP) is -0.778. The Morgan fingerprint density at radius 2 is 1.82 bits per heavy atom. The smallest absolute Gasteiger partial charge is 0.315 e. The maximum Gasteiger partial charge on any atom is 0.315 e. The molecule has 0 radical (unpaired) electrons. The lowest BCUT2D eigenvalue weighted by Crippen LogP contribution is -2.51. The number of piperazine rings is 1. The molecule has 0 unspecified atom stereocenters. The van der Waals surface area contributed by atoms with E-state index in [9.17, 15) is 9.59 Å². The Kier molecular flexibility index (Phi) is 3.83. The van der Waals surface area contributed by atoms with Crippen molar-refractivity contribution in [3.8, 4) is 0 Å². The van der Waals surface area contributed by atoms with E-state index in [1.54, 1.807) is 4.90 Å². The Labute approximate surface area is 101 Å². The third-order valence-corrected chi connectivity index (χ3v) is 3.17. The van der Waals surface area contributed by atoms with Crippen molar-refractivity contribution in [3.63, 3.8) is 0 Å². The van der Waals surface area contributed by atoms with Gasteiger partial charge in [0.2, 0.25) is 5.91 Å². The molecule has 0 aromatic heterocycles. The number of hydrogen-bond donors (Lipinski definition) is 2. The Hall–Kier alpha value is -1.30. The minimum atomic E-state index is -0.227. The van der Waals surface area contributed by atoms with Crippen molar-refractivity contribution in [2.45, 2.75) is 18.9 Å². The average Bonchev–Trinajstić information content (AvgIpc) is 3.11. The van der Waals surface area contributed by atoms with Gasteiger partial charge in [-0.1, -0.05) is 0 Å². The number of nitrogens with zero attached hydrogens (tertiary/aromatic N) is 2. The molecule has 2 aliphatic rings. The van der Waals surface area contributed by atoms with Gasteiger partial charge in [-0.15, -0.1) is 0 Å². The zero-order valence-electron chi connectivity index (χ0n) is 10.2. The molecule has 1 saturated heterocycles. The van der Waals surface area contributed by atoms with Gasteiger partial charge in [-0.25, -0.2) is 4.79 Å². The summed E-state index contributed by atoms with van der Waals surface area (Å²) in [5.41, 5.74) is 0. The van der Waals surface area contributed by atoms with E-state index < -0.39 is 0 Å². The molecule has 96 valence electrons. The number of likely N-dealkylation sites (N-methyl/N-ethyl adjacent to an activating group) is 1. The fourth-order valence-corrected chi connectivity index (χ4v) is 1.79. The summed E-state index contributed by atoms with van der Waals surface area (Å²) in [7, 11) is 2.04. The standard InChI is InChI=1S/C11H20N4O2/c1-14-4-6-15(7-5-14)10(16)8-12-11(17)13-9-2-3-9/h9H,2-8H2,1H3,(H2,12,13,17). The number of amides is 3. The molecule has 0 spiro atoms. The summed E-state index contributed by atoms with van der Waals surface area (Å²) >= 11 is 0. The van der Waals surface area contributed by atoms with E-state index in [1.807, 2.05) is 7.05 Å². The van der Waals surface area contributed by atoms with Gasteiger partial charge in [0.25, 0.3) is 0 Å². The Morgan fingerprint density at radius 1 is 1.18 bits per heavy atom. The highest BCUT2D eigenvalue weighted by molar-refractivity contribution is 5.84. The van der Waals surface area contributed by atoms with Crippen LogP contribution < -0.4 is 10.6 Å². The largest absolute Gasteiger partial charge is 0.339 e. The number of urea groups is 1. The van der Waals surface area contributed by atoms with E-state index in [-0.39, 0.29) is 18.5 Å². The van der Waals surface area contributed by atoms with Gasteiger partial charge in [0.15, 0.2) is 0 Å². The molecule has 0 atom stereocenters. The van der Waals surface area contributed by atoms with Crippen molar-refractivity contribution >= 4 is 11.9 Å². The highest BCUT2D eigenvalue weighted by Gasteiger charge is 2.24. The molecule has 6 nitrogen and oxygen atoms in total. The van der Waals surface area contributed by atoms with Crippen LogP contribution in [0.1, 0.15) is 12.8 Å². The zero-order valence-corrected chi connectivity index (χ0v) is 10.2. The van der Waals surface area contributed by atoms with Gasteiger partial charge in [-0.3, -0.25) is 4.79 Å². The molecule has 1 heterocycles. The van der Waals surface area contributed by atoms with E-state index >= 15 is 0 Å². The Bertz CT molecular complexity index is 296. The Morgan fingerprint density at radius 3 is 2.41 bits per heavy atom. The fourth-order valence-electron chi connectivity index (χ4n) is 1.79. The molecule has 2 N–H and O–H groups in total. The van der Waals surface area contributed by atoms with Crippen LogP contribution in [0, 0.1) is 0 Å². The van der Waals surface area contributed by atoms with Crippen LogP contribution in [-0.4, -0.2) is 67.6 Å². The lowest BCUT2D eigenvalue weighted by atomic mass is 10.3. The summed E-state index contributed by atoms with van der Waals surface area (Å²) in [6.07, 6.45) is 2.11. The molecule has 2 fully saturated rings. The van der Waals surface area contributed by atoms with Crippen molar-refractivity contribution in [1.82, 2.24) is 20.4 Å². The van der Waals surface area contributed by atoms with Crippen molar-refractivity contribution < 1.29 is 9.59 Å². The molecule has 0 aromatic carbocycles. The van der Waals surface area contributed by atoms with Crippen LogP contribution in [0.3, 0.4) is 0 Å². The monoisotopic (exact) mass is 240 g/mol. The first kappa shape index (κ1) is 12.2. The number of rotatable bonds is 3. The number of carbonyl (C=O) groups is 2. The van der Waals surface area contributed by atoms with E-state index in [0.29, 0.717) is 6.04 Å². The summed E-state index contributed by atoms with van der Waals surface area (Å²) in [4.78, 5) is 27.1. The van der Waals surface area contributed by atoms with Crippen LogP contribution in [0.4, 0.5) is 4.79 Å². The minimum Gasteiger partial charge on any atom is -0.339 e. The third kappa shape index (κ3) is 3.89. The van der Waals surface area contributed by atoms with E-state index in [2.05, 4.69) is 15.5 Å². The van der Waals surface area contributed by atoms with E-state index in [4.69, 9.17) is 0 Å². The van der Waals surface area contributed by atoms with Crippen LogP contribution in [-0.2, 0) is 4.79 Å². The summed E-state index contributed by atoms with van der Waals surface area (Å²) in [6.45, 7) is 3.41. The second kappa shape index (κ2) is 5.35. The maximum absolute atomic E-state index is 11.8. The Balaban J connectivity index is 1.64. The molecule has 2 rings (SSSR count). The van der Waals surface area contributed by atoms with Crippen LogP contribution in [0.15, 0.2) is 0 Å². The molecule has 1 aliphatic heterocycles. The van der Waals surface area contributed by atoms with Gasteiger partial charge in [-0.2, -0.15) is 0 Å². The maximum atomic E-state index is 11.8. The first-order valence-electron chi connectivity index (χ1n) is 6.16. The van der Waals surface area contributed by atoms with Crippen LogP contribution in [0.25, 0.3) is 0 Å². The molecule has 1 aliphatic carbocycles. The molecule has 3 amide bonds. The van der Waals surface area contributed by atoms with E-state index in [0.717, 1.165) is 39.0 Å². The molecule has 1 saturated carbocycles. The summed E-state index contributed by atoms with van der Waals surface area (Å²) < 4.78 is 0. The third-order valence-electron chi connectivity index (χ3n) is 3.17. The number of nitrogens with one attached hydrogen (secondary N) is 2. The van der Waals surface area contributed by atoms with Gasteiger partial charge >= 0.3 is 6.03 Å². The van der Waals surface area contributed by atoms with E-state index in [1.165, 1.54) is 0 Å². The van der Waals surface area contributed by atoms with Gasteiger partial charge in [0, 0.05) is 32.2 Å². The lowest BCUT2D eigenvalue weighted by Gasteiger charge is -2.32. The summed E-state index contributed by atoms with van der Waals surface area (Å²) in [6, 6.07) is 0.101. The van der Waals surface area contributed by atoms with Crippen molar-refractivity contribution in [2.75, 3.05) is 39.8 Å². The predicted molar refractivity (Wildman–Crippen MR) is 63.6 cm³/mol. The van der Waals surface area contributed by atoms with Crippen molar-refractivity contribution in [1.29, 1.82) is 0 Å². The molecular weight excluding hydrogens is 220 g/mol. The second-order valence-corrected chi connectivity index (χ2v) is 4.79. The first-order chi connectivity index (χ1) is 8.15. The molecule has 6 heteroatoms. The first-order valence-corrected chi connectivity index (χ1v) is 6.16. The molecule has 0 bridgehead atoms.